The number of aryl methyl sites for hydroxylation is 1. The van der Waals surface area contributed by atoms with Crippen LogP contribution in [0.4, 0.5) is 25.8 Å². The summed E-state index contributed by atoms with van der Waals surface area (Å²) >= 11 is 0. The van der Waals surface area contributed by atoms with Gasteiger partial charge in [-0.3, -0.25) is 0 Å². The Kier molecular flexibility index (Phi) is 4.08. The zero-order valence-corrected chi connectivity index (χ0v) is 11.3. The molecule has 0 heterocycles. The molecule has 0 saturated heterocycles. The number of hydrogen-bond donors (Lipinski definition) is 2. The minimum atomic E-state index is -2.58. The summed E-state index contributed by atoms with van der Waals surface area (Å²) in [4.78, 5) is 0. The molecule has 20 heavy (non-hydrogen) atoms. The number of nitrogen functional groups attached to an aromatic ring is 1. The Morgan fingerprint density at radius 1 is 1.10 bits per heavy atom. The van der Waals surface area contributed by atoms with Gasteiger partial charge in [0.05, 0.1) is 7.11 Å². The molecule has 0 aliphatic heterocycles. The quantitative estimate of drug-likeness (QED) is 0.821. The average Bonchev–Trinajstić information content (AvgIpc) is 2.42. The van der Waals surface area contributed by atoms with Gasteiger partial charge in [-0.1, -0.05) is 0 Å². The second kappa shape index (κ2) is 5.77. The van der Waals surface area contributed by atoms with Crippen LogP contribution >= 0.6 is 0 Å². The van der Waals surface area contributed by atoms with E-state index >= 15 is 0 Å². The summed E-state index contributed by atoms with van der Waals surface area (Å²) in [5, 5.41) is 3.01. The zero-order valence-electron chi connectivity index (χ0n) is 11.3. The lowest BCUT2D eigenvalue weighted by Gasteiger charge is -2.14. The first kappa shape index (κ1) is 14.1. The van der Waals surface area contributed by atoms with Crippen LogP contribution in [-0.4, -0.2) is 7.11 Å². The molecule has 3 N–H and O–H groups in total. The van der Waals surface area contributed by atoms with E-state index in [1.165, 1.54) is 6.07 Å². The van der Waals surface area contributed by atoms with Crippen LogP contribution in [0.2, 0.25) is 0 Å². The SMILES string of the molecule is COc1ccc(Nc2ccc(N)cc2C(F)F)c(C)c1. The van der Waals surface area contributed by atoms with Gasteiger partial charge in [-0.15, -0.1) is 0 Å². The molecule has 2 aromatic carbocycles. The average molecular weight is 278 g/mol. The van der Waals surface area contributed by atoms with Crippen molar-refractivity contribution in [2.45, 2.75) is 13.3 Å². The number of methoxy groups -OCH3 is 1. The summed E-state index contributed by atoms with van der Waals surface area (Å²) in [5.41, 5.74) is 7.76. The van der Waals surface area contributed by atoms with Crippen LogP contribution in [0.15, 0.2) is 36.4 Å². The number of benzene rings is 2. The second-order valence-electron chi connectivity index (χ2n) is 4.45. The molecular formula is C15H16F2N2O. The number of ether oxygens (including phenoxy) is 1. The third-order valence-corrected chi connectivity index (χ3v) is 3.01. The zero-order chi connectivity index (χ0) is 14.7. The van der Waals surface area contributed by atoms with Gasteiger partial charge in [0.1, 0.15) is 5.75 Å². The van der Waals surface area contributed by atoms with E-state index in [1.807, 2.05) is 13.0 Å². The number of halogens is 2. The lowest BCUT2D eigenvalue weighted by atomic mass is 10.1. The van der Waals surface area contributed by atoms with Crippen molar-refractivity contribution in [3.05, 3.63) is 47.5 Å². The minimum Gasteiger partial charge on any atom is -0.497 e. The molecule has 0 aromatic heterocycles. The molecule has 0 unspecified atom stereocenters. The van der Waals surface area contributed by atoms with E-state index in [0.717, 1.165) is 17.0 Å². The van der Waals surface area contributed by atoms with Gasteiger partial charge in [-0.2, -0.15) is 0 Å². The summed E-state index contributed by atoms with van der Waals surface area (Å²) in [6, 6.07) is 9.83. The molecule has 5 heteroatoms. The van der Waals surface area contributed by atoms with E-state index in [0.29, 0.717) is 11.4 Å². The molecule has 0 amide bonds. The van der Waals surface area contributed by atoms with Gasteiger partial charge >= 0.3 is 0 Å². The molecule has 0 spiro atoms. The number of rotatable bonds is 4. The number of hydrogen-bond acceptors (Lipinski definition) is 3. The van der Waals surface area contributed by atoms with Gasteiger partial charge in [0, 0.05) is 22.6 Å². The highest BCUT2D eigenvalue weighted by atomic mass is 19.3. The topological polar surface area (TPSA) is 47.3 Å². The maximum absolute atomic E-state index is 13.0. The van der Waals surface area contributed by atoms with Crippen molar-refractivity contribution in [2.24, 2.45) is 0 Å². The van der Waals surface area contributed by atoms with Crippen LogP contribution in [0.1, 0.15) is 17.6 Å². The summed E-state index contributed by atoms with van der Waals surface area (Å²) in [5.74, 6) is 0.722. The molecule has 0 aliphatic carbocycles. The third-order valence-electron chi connectivity index (χ3n) is 3.01. The Balaban J connectivity index is 2.35. The largest absolute Gasteiger partial charge is 0.497 e. The van der Waals surface area contributed by atoms with Gasteiger partial charge in [0.15, 0.2) is 0 Å². The predicted octanol–water partition coefficient (Wildman–Crippen LogP) is 4.27. The first-order valence-corrected chi connectivity index (χ1v) is 6.10. The predicted molar refractivity (Wildman–Crippen MR) is 76.8 cm³/mol. The maximum atomic E-state index is 13.0. The minimum absolute atomic E-state index is 0.111. The highest BCUT2D eigenvalue weighted by Gasteiger charge is 2.14. The molecule has 2 rings (SSSR count). The monoisotopic (exact) mass is 278 g/mol. The van der Waals surface area contributed by atoms with E-state index in [9.17, 15) is 8.78 Å². The Morgan fingerprint density at radius 2 is 1.80 bits per heavy atom. The second-order valence-corrected chi connectivity index (χ2v) is 4.45. The molecule has 0 bridgehead atoms. The molecular weight excluding hydrogens is 262 g/mol. The molecule has 0 radical (unpaired) electrons. The van der Waals surface area contributed by atoms with Crippen molar-refractivity contribution in [2.75, 3.05) is 18.2 Å². The van der Waals surface area contributed by atoms with Gasteiger partial charge in [-0.05, 0) is 48.9 Å². The summed E-state index contributed by atoms with van der Waals surface area (Å²) in [7, 11) is 1.58. The standard InChI is InChI=1S/C15H16F2N2O/c1-9-7-11(20-2)4-6-13(9)19-14-5-3-10(18)8-12(14)15(16)17/h3-8,15,19H,18H2,1-2H3. The normalized spacial score (nSPS) is 10.7. The van der Waals surface area contributed by atoms with Gasteiger partial charge in [0.2, 0.25) is 0 Å². The van der Waals surface area contributed by atoms with Gasteiger partial charge in [0.25, 0.3) is 6.43 Å². The maximum Gasteiger partial charge on any atom is 0.265 e. The van der Waals surface area contributed by atoms with Crippen molar-refractivity contribution < 1.29 is 13.5 Å². The molecule has 0 fully saturated rings. The van der Waals surface area contributed by atoms with Crippen molar-refractivity contribution >= 4 is 17.1 Å². The first-order chi connectivity index (χ1) is 9.51. The molecule has 3 nitrogen and oxygen atoms in total. The van der Waals surface area contributed by atoms with E-state index in [2.05, 4.69) is 5.32 Å². The molecule has 0 aliphatic rings. The fourth-order valence-electron chi connectivity index (χ4n) is 1.92. The first-order valence-electron chi connectivity index (χ1n) is 6.10. The lowest BCUT2D eigenvalue weighted by Crippen LogP contribution is -2.00. The van der Waals surface area contributed by atoms with Gasteiger partial charge in [-0.25, -0.2) is 8.78 Å². The molecule has 2 aromatic rings. The number of nitrogens with two attached hydrogens (primary N) is 1. The third kappa shape index (κ3) is 2.99. The Hall–Kier alpha value is -2.30. The lowest BCUT2D eigenvalue weighted by molar-refractivity contribution is 0.152. The van der Waals surface area contributed by atoms with Crippen molar-refractivity contribution in [1.29, 1.82) is 0 Å². The fourth-order valence-corrected chi connectivity index (χ4v) is 1.92. The van der Waals surface area contributed by atoms with Crippen LogP contribution in [-0.2, 0) is 0 Å². The Morgan fingerprint density at radius 3 is 2.40 bits per heavy atom. The molecule has 0 saturated carbocycles. The van der Waals surface area contributed by atoms with Crippen LogP contribution in [0.25, 0.3) is 0 Å². The van der Waals surface area contributed by atoms with Crippen LogP contribution in [0.3, 0.4) is 0 Å². The molecule has 106 valence electrons. The van der Waals surface area contributed by atoms with Crippen molar-refractivity contribution in [3.8, 4) is 5.75 Å². The van der Waals surface area contributed by atoms with Crippen molar-refractivity contribution in [3.63, 3.8) is 0 Å². The van der Waals surface area contributed by atoms with E-state index in [4.69, 9.17) is 10.5 Å². The number of alkyl halides is 2. The van der Waals surface area contributed by atoms with Gasteiger partial charge < -0.3 is 15.8 Å². The van der Waals surface area contributed by atoms with E-state index < -0.39 is 6.43 Å². The van der Waals surface area contributed by atoms with E-state index in [-0.39, 0.29) is 5.56 Å². The van der Waals surface area contributed by atoms with E-state index in [1.54, 1.807) is 31.4 Å². The molecule has 0 atom stereocenters. The number of anilines is 3. The van der Waals surface area contributed by atoms with Crippen LogP contribution in [0, 0.1) is 6.92 Å². The Labute approximate surface area is 116 Å². The van der Waals surface area contributed by atoms with Crippen LogP contribution in [0.5, 0.6) is 5.75 Å². The summed E-state index contributed by atoms with van der Waals surface area (Å²) in [6.45, 7) is 1.88. The van der Waals surface area contributed by atoms with Crippen molar-refractivity contribution in [1.82, 2.24) is 0 Å². The fraction of sp³-hybridized carbons (Fsp3) is 0.200. The Bertz CT molecular complexity index is 615. The summed E-state index contributed by atoms with van der Waals surface area (Å²) in [6.07, 6.45) is -2.58. The highest BCUT2D eigenvalue weighted by molar-refractivity contribution is 5.69. The van der Waals surface area contributed by atoms with Crippen LogP contribution < -0.4 is 15.8 Å². The highest BCUT2D eigenvalue weighted by Crippen LogP contribution is 2.32. The smallest absolute Gasteiger partial charge is 0.265 e. The number of nitrogens with one attached hydrogen (secondary N) is 1. The summed E-state index contributed by atoms with van der Waals surface area (Å²) < 4.78 is 31.1.